The van der Waals surface area contributed by atoms with Crippen LogP contribution in [0.1, 0.15) is 222 Å². The summed E-state index contributed by atoms with van der Waals surface area (Å²) in [5.74, 6) is -2.28. The van der Waals surface area contributed by atoms with E-state index in [0.717, 1.165) is 33.0 Å². The Morgan fingerprint density at radius 2 is 0.868 bits per heavy atom. The molecule has 0 atom stereocenters. The van der Waals surface area contributed by atoms with Crippen LogP contribution in [0, 0.1) is 0 Å². The fourth-order valence-corrected chi connectivity index (χ4v) is 13.3. The third kappa shape index (κ3) is 34.6. The summed E-state index contributed by atoms with van der Waals surface area (Å²) < 4.78 is 42.9. The number of H-pyrrole nitrogens is 1. The minimum absolute atomic E-state index is 0.00619. The van der Waals surface area contributed by atoms with Crippen LogP contribution in [0.25, 0.3) is 0 Å². The van der Waals surface area contributed by atoms with E-state index in [1.165, 1.54) is 53.0 Å². The average Bonchev–Trinajstić information content (AvgIpc) is 1.60. The van der Waals surface area contributed by atoms with Crippen LogP contribution in [-0.2, 0) is 99.3 Å². The van der Waals surface area contributed by atoms with E-state index in [9.17, 15) is 57.5 Å². The van der Waals surface area contributed by atoms with Crippen molar-refractivity contribution in [2.75, 3.05) is 71.0 Å². The molecule has 41 heteroatoms. The van der Waals surface area contributed by atoms with Crippen molar-refractivity contribution in [2.45, 2.75) is 165 Å². The Labute approximate surface area is 803 Å². The molecule has 11 aromatic rings. The number of hydrogen-bond donors (Lipinski definition) is 5. The van der Waals surface area contributed by atoms with Gasteiger partial charge in [-0.15, -0.1) is 0 Å². The van der Waals surface area contributed by atoms with Gasteiger partial charge in [-0.3, -0.25) is 57.3 Å². The molecule has 0 unspecified atom stereocenters. The maximum atomic E-state index is 12.7. The SMILES string of the molecule is BrCc1ccccc1.CC(C)(C)OC(=O)NCCBr.CCOC(=O)c1cc(C(C)=O)n[nH]1.CCOC(=O)c1cc(C(C)=O)nn1CCNC(=O)OC(C)(C)C.CCOC(=O)c1cc2n(n1)CCN(Cc1ccccc1)C2=O.CCOC(=O)c1cc2n(n1)CCNC2=O.O=C1c2cc(CO)nn2CCN1Cc1ccccc1.O=C1c2cc(COc3ccccn3)nn2CCN1Cc1ccccc1. The molecule has 724 valence electrons. The number of alkyl carbamates (subject to hydrolysis) is 2. The largest absolute Gasteiger partial charge is 0.471 e. The molecule has 0 bridgehead atoms. The fraction of sp³-hybridized carbons (Fsp3) is 0.379. The highest BCUT2D eigenvalue weighted by molar-refractivity contribution is 9.09. The van der Waals surface area contributed by atoms with Crippen LogP contribution in [0.4, 0.5) is 9.59 Å². The number of aliphatic hydroxyl groups is 1. The van der Waals surface area contributed by atoms with Crippen molar-refractivity contribution in [3.8, 4) is 5.88 Å². The average molecular weight is 2000 g/mol. The number of benzene rings is 4. The quantitative estimate of drug-likeness (QED) is 0.0145. The number of carbonyl (C=O) groups is 12. The molecule has 0 aliphatic carbocycles. The number of rotatable bonds is 26. The second-order valence-corrected chi connectivity index (χ2v) is 33.1. The summed E-state index contributed by atoms with van der Waals surface area (Å²) in [5.41, 5.74) is 8.10. The third-order valence-electron chi connectivity index (χ3n) is 18.9. The molecule has 39 nitrogen and oxygen atoms in total. The summed E-state index contributed by atoms with van der Waals surface area (Å²) in [6.07, 6.45) is 0.754. The number of nitrogens with zero attached hydrogens (tertiary/aromatic N) is 15. The Balaban J connectivity index is 0.000000195. The molecule has 0 radical (unpaired) electrons. The Morgan fingerprint density at radius 1 is 0.449 bits per heavy atom. The standard InChI is InChI=1S/C19H18N4O2.C16H17N3O3.C15H23N3O5.C14H15N3O2.C9H11N3O3.C8H10N2O3.C7H14BrNO2.C7H7Br/c24-19-17-12-16(14-25-18-8-4-5-9-20-18)21-23(17)11-10-22(19)13-15-6-2-1-3-7-15;1-2-22-16(21)13-10-14-15(20)18(8-9-19(14)17-13)11-12-6-4-3-5-7-12;1-6-22-13(20)12-9-11(10(2)19)17-18(12)8-7-16-14(21)23-15(3,4)5;18-10-12-8-13-14(19)16(6-7-17(13)15-12)9-11-4-2-1-3-5-11;1-2-15-9(14)6-5-7-8(13)10-3-4-12(7)11-6;1-3-13-8(12)7-4-6(5(2)11)9-10-7;1-7(2,3)11-6(10)9-5-4-8;8-6-7-4-2-1-3-5-7/h1-9,12H,10-11,13-14H2;3-7,10H,2,8-9,11H2,1H3;9H,6-8H2,1-5H3,(H,16,21);1-5,8,18H,6-7,9-10H2;5H,2-4H2,1H3,(H,10,13);4H,3H2,1-2H3,(H,9,10);4-5H2,1-3H3,(H,9,10);1-5H,6H2. The summed E-state index contributed by atoms with van der Waals surface area (Å²) in [7, 11) is 0. The van der Waals surface area contributed by atoms with E-state index < -0.39 is 41.2 Å². The molecular formula is C95H115Br2N19O20. The Bertz CT molecular complexity index is 5750. The molecular weight excluding hydrogens is 1890 g/mol. The second kappa shape index (κ2) is 54.1. The monoisotopic (exact) mass is 2000 g/mol. The molecule has 5 N–H and O–H groups in total. The number of aromatic nitrogens is 13. The van der Waals surface area contributed by atoms with Gasteiger partial charge in [-0.25, -0.2) is 33.8 Å². The maximum Gasteiger partial charge on any atom is 0.407 e. The van der Waals surface area contributed by atoms with Crippen LogP contribution in [0.5, 0.6) is 5.88 Å². The number of hydrogen-bond acceptors (Lipinski definition) is 27. The predicted molar refractivity (Wildman–Crippen MR) is 505 cm³/mol. The number of halogens is 2. The summed E-state index contributed by atoms with van der Waals surface area (Å²) in [6, 6.07) is 54.7. The number of pyridine rings is 1. The van der Waals surface area contributed by atoms with Crippen molar-refractivity contribution < 1.29 is 95.8 Å². The Kier molecular flexibility index (Phi) is 42.6. The van der Waals surface area contributed by atoms with E-state index in [-0.39, 0.29) is 108 Å². The molecule has 0 saturated heterocycles. The Morgan fingerprint density at radius 3 is 1.29 bits per heavy atom. The first-order valence-electron chi connectivity index (χ1n) is 43.8. The minimum atomic E-state index is -0.590. The van der Waals surface area contributed by atoms with Gasteiger partial charge >= 0.3 is 36.1 Å². The first kappa shape index (κ1) is 107. The molecule has 0 spiro atoms. The van der Waals surface area contributed by atoms with E-state index in [2.05, 4.69) is 101 Å². The zero-order chi connectivity index (χ0) is 98.9. The van der Waals surface area contributed by atoms with Crippen molar-refractivity contribution in [2.24, 2.45) is 0 Å². The normalized spacial score (nSPS) is 12.6. The molecule has 15 rings (SSSR count). The van der Waals surface area contributed by atoms with Crippen LogP contribution in [0.15, 0.2) is 182 Å². The number of aliphatic hydroxyl groups excluding tert-OH is 1. The summed E-state index contributed by atoms with van der Waals surface area (Å²) in [4.78, 5) is 149. The lowest BCUT2D eigenvalue weighted by molar-refractivity contribution is 0.0499. The van der Waals surface area contributed by atoms with Crippen molar-refractivity contribution in [1.82, 2.24) is 94.7 Å². The lowest BCUT2D eigenvalue weighted by atomic mass is 10.2. The molecule has 11 heterocycles. The van der Waals surface area contributed by atoms with Crippen molar-refractivity contribution in [3.63, 3.8) is 0 Å². The number of nitrogens with one attached hydrogen (secondary N) is 4. The molecule has 136 heavy (non-hydrogen) atoms. The van der Waals surface area contributed by atoms with E-state index >= 15 is 0 Å². The number of ether oxygens (including phenoxy) is 7. The zero-order valence-electron chi connectivity index (χ0n) is 78.0. The minimum Gasteiger partial charge on any atom is -0.471 e. The molecule has 0 fully saturated rings. The molecule has 0 saturated carbocycles. The second-order valence-electron chi connectivity index (χ2n) is 31.7. The summed E-state index contributed by atoms with van der Waals surface area (Å²) in [6.45, 7) is 29.4. The van der Waals surface area contributed by atoms with Crippen molar-refractivity contribution >= 4 is 103 Å². The van der Waals surface area contributed by atoms with E-state index in [0.29, 0.717) is 133 Å². The van der Waals surface area contributed by atoms with Crippen molar-refractivity contribution in [1.29, 1.82) is 0 Å². The third-order valence-corrected chi connectivity index (χ3v) is 20.0. The zero-order valence-corrected chi connectivity index (χ0v) is 81.2. The smallest absolute Gasteiger partial charge is 0.407 e. The van der Waals surface area contributed by atoms with Crippen LogP contribution < -0.4 is 20.7 Å². The highest BCUT2D eigenvalue weighted by Gasteiger charge is 2.32. The number of ketones is 2. The number of aromatic amines is 1. The van der Waals surface area contributed by atoms with Crippen LogP contribution in [0.3, 0.4) is 0 Å². The Hall–Kier alpha value is -14.4. The first-order chi connectivity index (χ1) is 65.1. The summed E-state index contributed by atoms with van der Waals surface area (Å²) >= 11 is 6.54. The molecule has 4 aliphatic rings. The van der Waals surface area contributed by atoms with Crippen molar-refractivity contribution in [3.05, 3.63) is 273 Å². The van der Waals surface area contributed by atoms with Gasteiger partial charge in [0.2, 0.25) is 5.88 Å². The van der Waals surface area contributed by atoms with Crippen LogP contribution in [-0.4, -0.2) is 237 Å². The number of Topliss-reactive ketones (excluding diaryl/α,β-unsaturated/α-hetero) is 2. The number of amides is 6. The van der Waals surface area contributed by atoms with Crippen LogP contribution in [0.2, 0.25) is 0 Å². The topological polar surface area (TPSA) is 466 Å². The van der Waals surface area contributed by atoms with Gasteiger partial charge in [0.15, 0.2) is 23.0 Å². The fourth-order valence-electron chi connectivity index (χ4n) is 12.7. The number of carbonyl (C=O) groups excluding carboxylic acids is 12. The van der Waals surface area contributed by atoms with Gasteiger partial charge in [0.05, 0.1) is 71.5 Å². The first-order valence-corrected chi connectivity index (χ1v) is 46.0. The molecule has 6 amide bonds. The number of esters is 4. The number of alkyl halides is 2. The van der Waals surface area contributed by atoms with Gasteiger partial charge in [0.25, 0.3) is 23.6 Å². The summed E-state index contributed by atoms with van der Waals surface area (Å²) in [5, 5.41) is 45.5. The van der Waals surface area contributed by atoms with Gasteiger partial charge in [0.1, 0.15) is 69.1 Å². The van der Waals surface area contributed by atoms with Gasteiger partial charge < -0.3 is 68.9 Å². The van der Waals surface area contributed by atoms with Gasteiger partial charge in [0, 0.05) is 120 Å². The predicted octanol–water partition coefficient (Wildman–Crippen LogP) is 12.1. The van der Waals surface area contributed by atoms with Crippen LogP contribution >= 0.6 is 31.9 Å². The molecule has 4 aliphatic heterocycles. The highest BCUT2D eigenvalue weighted by Crippen LogP contribution is 2.23. The van der Waals surface area contributed by atoms with E-state index in [1.54, 1.807) is 85.7 Å². The maximum absolute atomic E-state index is 12.7. The van der Waals surface area contributed by atoms with Gasteiger partial charge in [-0.05, 0) is 110 Å². The van der Waals surface area contributed by atoms with Gasteiger partial charge in [-0.2, -0.15) is 30.6 Å². The van der Waals surface area contributed by atoms with E-state index in [4.69, 9.17) is 38.3 Å². The number of fused-ring (bicyclic) bond motifs is 4. The lowest BCUT2D eigenvalue weighted by Gasteiger charge is -2.27. The van der Waals surface area contributed by atoms with Gasteiger partial charge in [-0.1, -0.05) is 159 Å². The molecule has 7 aromatic heterocycles. The highest BCUT2D eigenvalue weighted by atomic mass is 79.9. The van der Waals surface area contributed by atoms with E-state index in [1.807, 2.05) is 158 Å². The molecule has 4 aromatic carbocycles. The lowest BCUT2D eigenvalue weighted by Crippen LogP contribution is -2.39.